The van der Waals surface area contributed by atoms with Crippen LogP contribution in [0.5, 0.6) is 0 Å². The first-order valence-electron chi connectivity index (χ1n) is 36.7. The van der Waals surface area contributed by atoms with Crippen molar-refractivity contribution in [3.05, 3.63) is 0 Å². The van der Waals surface area contributed by atoms with Crippen molar-refractivity contribution in [3.63, 3.8) is 0 Å². The third-order valence-corrected chi connectivity index (χ3v) is 18.6. The molecule has 534 valence electrons. The number of esters is 4. The molecule has 0 radical (unpaired) electrons. The van der Waals surface area contributed by atoms with E-state index in [4.69, 9.17) is 37.0 Å². The summed E-state index contributed by atoms with van der Waals surface area (Å²) in [7, 11) is -9.90. The molecule has 19 heteroatoms. The zero-order valence-electron chi connectivity index (χ0n) is 58.8. The summed E-state index contributed by atoms with van der Waals surface area (Å²) in [5, 5.41) is 10.6. The first-order chi connectivity index (χ1) is 43.1. The van der Waals surface area contributed by atoms with Crippen molar-refractivity contribution in [1.82, 2.24) is 0 Å². The summed E-state index contributed by atoms with van der Waals surface area (Å²) in [5.41, 5.74) is 0. The van der Waals surface area contributed by atoms with E-state index in [9.17, 15) is 43.2 Å². The maximum absolute atomic E-state index is 13.0. The van der Waals surface area contributed by atoms with Gasteiger partial charge in [0.25, 0.3) is 0 Å². The van der Waals surface area contributed by atoms with Gasteiger partial charge in [0.05, 0.1) is 26.4 Å². The highest BCUT2D eigenvalue weighted by molar-refractivity contribution is 7.47. The number of ether oxygens (including phenoxy) is 4. The average Bonchev–Trinajstić information content (AvgIpc) is 3.21. The molecule has 0 saturated carbocycles. The predicted octanol–water partition coefficient (Wildman–Crippen LogP) is 20.1. The monoisotopic (exact) mass is 1320 g/mol. The van der Waals surface area contributed by atoms with Crippen LogP contribution in [0, 0.1) is 23.7 Å². The lowest BCUT2D eigenvalue weighted by Gasteiger charge is -2.21. The average molecular weight is 1330 g/mol. The molecule has 0 aliphatic rings. The van der Waals surface area contributed by atoms with Crippen LogP contribution < -0.4 is 0 Å². The van der Waals surface area contributed by atoms with E-state index in [1.165, 1.54) is 148 Å². The molecule has 0 aliphatic heterocycles. The first kappa shape index (κ1) is 88.1. The lowest BCUT2D eigenvalue weighted by atomic mass is 10.00. The highest BCUT2D eigenvalue weighted by Crippen LogP contribution is 2.45. The molecule has 0 spiro atoms. The lowest BCUT2D eigenvalue weighted by molar-refractivity contribution is -0.161. The van der Waals surface area contributed by atoms with Gasteiger partial charge in [0.1, 0.15) is 19.3 Å². The fourth-order valence-corrected chi connectivity index (χ4v) is 12.2. The molecule has 0 rings (SSSR count). The van der Waals surface area contributed by atoms with Gasteiger partial charge in [-0.05, 0) is 49.4 Å². The maximum atomic E-state index is 13.0. The van der Waals surface area contributed by atoms with Gasteiger partial charge in [0.2, 0.25) is 0 Å². The van der Waals surface area contributed by atoms with Gasteiger partial charge >= 0.3 is 39.5 Å². The lowest BCUT2D eigenvalue weighted by Crippen LogP contribution is -2.30. The van der Waals surface area contributed by atoms with E-state index in [2.05, 4.69) is 55.4 Å². The summed E-state index contributed by atoms with van der Waals surface area (Å²) in [5.74, 6) is 0.845. The number of rotatable bonds is 68. The van der Waals surface area contributed by atoms with Gasteiger partial charge in [0, 0.05) is 25.7 Å². The van der Waals surface area contributed by atoms with Crippen molar-refractivity contribution in [3.8, 4) is 0 Å². The molecular formula is C71H138O17P2. The van der Waals surface area contributed by atoms with Crippen LogP contribution in [0.4, 0.5) is 0 Å². The third kappa shape index (κ3) is 63.5. The van der Waals surface area contributed by atoms with Gasteiger partial charge in [-0.15, -0.1) is 0 Å². The van der Waals surface area contributed by atoms with Gasteiger partial charge in [-0.1, -0.05) is 299 Å². The fourth-order valence-electron chi connectivity index (χ4n) is 10.6. The Morgan fingerprint density at radius 3 is 0.789 bits per heavy atom. The Balaban J connectivity index is 5.23. The summed E-state index contributed by atoms with van der Waals surface area (Å²) in [6.07, 6.45) is 43.2. The minimum atomic E-state index is -4.95. The molecule has 0 heterocycles. The third-order valence-electron chi connectivity index (χ3n) is 16.7. The van der Waals surface area contributed by atoms with Crippen LogP contribution in [0.2, 0.25) is 0 Å². The summed E-state index contributed by atoms with van der Waals surface area (Å²) >= 11 is 0. The second-order valence-electron chi connectivity index (χ2n) is 27.3. The molecule has 0 fully saturated rings. The highest BCUT2D eigenvalue weighted by Gasteiger charge is 2.30. The molecule has 0 amide bonds. The molecule has 0 aliphatic carbocycles. The fraction of sp³-hybridized carbons (Fsp3) is 0.944. The van der Waals surface area contributed by atoms with Gasteiger partial charge in [-0.25, -0.2) is 9.13 Å². The Morgan fingerprint density at radius 2 is 0.533 bits per heavy atom. The standard InChI is InChI=1S/C71H138O17P2/c1-9-64(8)50-42-34-29-30-38-46-54-71(76)88-67(58-82-69(74)52-44-36-28-22-25-33-41-49-63(6)7)60-86-90(79,80)84-56-65(72)55-83-89(77,78)85-59-66(87-70(75)53-45-37-27-21-17-16-19-24-32-40-48-62(4)5)57-81-68(73)51-43-35-26-20-15-13-11-10-12-14-18-23-31-39-47-61(2)3/h61-67,72H,9-60H2,1-8H3,(H,77,78)(H,79,80)/t64?,65?,66-,67-/m1/s1. The Labute approximate surface area is 549 Å². The Morgan fingerprint density at radius 1 is 0.311 bits per heavy atom. The van der Waals surface area contributed by atoms with Crippen LogP contribution in [-0.4, -0.2) is 96.7 Å². The van der Waals surface area contributed by atoms with E-state index >= 15 is 0 Å². The van der Waals surface area contributed by atoms with Crippen LogP contribution in [-0.2, 0) is 65.4 Å². The van der Waals surface area contributed by atoms with Crippen molar-refractivity contribution >= 4 is 39.5 Å². The van der Waals surface area contributed by atoms with Crippen molar-refractivity contribution in [2.45, 2.75) is 369 Å². The number of unbranched alkanes of at least 4 members (excludes halogenated alkanes) is 33. The topological polar surface area (TPSA) is 237 Å². The zero-order valence-corrected chi connectivity index (χ0v) is 60.6. The number of hydrogen-bond donors (Lipinski definition) is 3. The van der Waals surface area contributed by atoms with E-state index in [-0.39, 0.29) is 25.7 Å². The van der Waals surface area contributed by atoms with Gasteiger partial charge in [-0.3, -0.25) is 37.3 Å². The molecule has 0 aromatic carbocycles. The van der Waals surface area contributed by atoms with Gasteiger partial charge in [0.15, 0.2) is 12.2 Å². The number of phosphoric ester groups is 2. The molecule has 6 atom stereocenters. The van der Waals surface area contributed by atoms with Crippen molar-refractivity contribution in [1.29, 1.82) is 0 Å². The smallest absolute Gasteiger partial charge is 0.462 e. The Hall–Kier alpha value is -1.94. The molecule has 4 unspecified atom stereocenters. The first-order valence-corrected chi connectivity index (χ1v) is 39.7. The zero-order chi connectivity index (χ0) is 66.8. The van der Waals surface area contributed by atoms with Crippen LogP contribution in [0.3, 0.4) is 0 Å². The van der Waals surface area contributed by atoms with Crippen molar-refractivity contribution in [2.24, 2.45) is 23.7 Å². The maximum Gasteiger partial charge on any atom is 0.472 e. The van der Waals surface area contributed by atoms with Gasteiger partial charge < -0.3 is 33.8 Å². The number of aliphatic hydroxyl groups excluding tert-OH is 1. The molecule has 17 nitrogen and oxygen atoms in total. The second-order valence-corrected chi connectivity index (χ2v) is 30.2. The molecule has 0 aromatic heterocycles. The normalized spacial score (nSPS) is 14.6. The number of carbonyl (C=O) groups is 4. The van der Waals surface area contributed by atoms with Crippen LogP contribution in [0.15, 0.2) is 0 Å². The van der Waals surface area contributed by atoms with Crippen molar-refractivity contribution < 1.29 is 80.2 Å². The van der Waals surface area contributed by atoms with Crippen LogP contribution >= 0.6 is 15.6 Å². The minimum Gasteiger partial charge on any atom is -0.462 e. The van der Waals surface area contributed by atoms with Crippen LogP contribution in [0.25, 0.3) is 0 Å². The molecule has 90 heavy (non-hydrogen) atoms. The summed E-state index contributed by atoms with van der Waals surface area (Å²) in [6.45, 7) is 14.1. The minimum absolute atomic E-state index is 0.102. The van der Waals surface area contributed by atoms with E-state index < -0.39 is 97.5 Å². The van der Waals surface area contributed by atoms with E-state index in [1.54, 1.807) is 0 Å². The Kier molecular flexibility index (Phi) is 59.4. The number of phosphoric acid groups is 2. The molecule has 0 saturated heterocycles. The summed E-state index contributed by atoms with van der Waals surface area (Å²) < 4.78 is 68.3. The predicted molar refractivity (Wildman–Crippen MR) is 363 cm³/mol. The van der Waals surface area contributed by atoms with Gasteiger partial charge in [-0.2, -0.15) is 0 Å². The van der Waals surface area contributed by atoms with E-state index in [0.717, 1.165) is 114 Å². The highest BCUT2D eigenvalue weighted by atomic mass is 31.2. The number of hydrogen-bond acceptors (Lipinski definition) is 15. The SMILES string of the molecule is CCC(C)CCCCCCCCC(=O)O[C@H](COC(=O)CCCCCCCCCC(C)C)COP(=O)(O)OCC(O)COP(=O)(O)OC[C@@H](COC(=O)CCCCCCCCCCCCCCCCC(C)C)OC(=O)CCCCCCCCCCCCC(C)C. The molecule has 3 N–H and O–H groups in total. The van der Waals surface area contributed by atoms with Crippen molar-refractivity contribution in [2.75, 3.05) is 39.6 Å². The summed E-state index contributed by atoms with van der Waals surface area (Å²) in [6, 6.07) is 0. The van der Waals surface area contributed by atoms with E-state index in [1.807, 2.05) is 0 Å². The molecular weight excluding hydrogens is 1190 g/mol. The van der Waals surface area contributed by atoms with E-state index in [0.29, 0.717) is 31.6 Å². The molecule has 0 aromatic rings. The quantitative estimate of drug-likeness (QED) is 0.0222. The number of carbonyl (C=O) groups excluding carboxylic acids is 4. The number of aliphatic hydroxyl groups is 1. The summed E-state index contributed by atoms with van der Waals surface area (Å²) in [4.78, 5) is 72.5. The second kappa shape index (κ2) is 60.7. The molecule has 0 bridgehead atoms. The van der Waals surface area contributed by atoms with Crippen LogP contribution in [0.1, 0.15) is 351 Å². The largest absolute Gasteiger partial charge is 0.472 e. The Bertz CT molecular complexity index is 1780.